The highest BCUT2D eigenvalue weighted by atomic mass is 35.5. The van der Waals surface area contributed by atoms with E-state index in [9.17, 15) is 9.90 Å². The number of halogens is 2. The van der Waals surface area contributed by atoms with E-state index < -0.39 is 11.6 Å². The molecule has 2 unspecified atom stereocenters. The van der Waals surface area contributed by atoms with Crippen molar-refractivity contribution in [2.24, 2.45) is 5.92 Å². The topological polar surface area (TPSA) is 49.3 Å². The second-order valence-corrected chi connectivity index (χ2v) is 6.66. The van der Waals surface area contributed by atoms with E-state index in [1.807, 2.05) is 19.9 Å². The molecule has 1 aromatic carbocycles. The van der Waals surface area contributed by atoms with Gasteiger partial charge in [-0.25, -0.2) is 0 Å². The van der Waals surface area contributed by atoms with Crippen molar-refractivity contribution in [2.45, 2.75) is 44.8 Å². The molecule has 1 fully saturated rings. The fraction of sp³-hybridized carbons (Fsp3) is 0.533. The lowest BCUT2D eigenvalue weighted by atomic mass is 9.92. The van der Waals surface area contributed by atoms with Gasteiger partial charge >= 0.3 is 0 Å². The van der Waals surface area contributed by atoms with Crippen molar-refractivity contribution in [1.82, 2.24) is 5.32 Å². The minimum absolute atomic E-state index is 0.105. The van der Waals surface area contributed by atoms with Crippen LogP contribution in [0.2, 0.25) is 10.0 Å². The van der Waals surface area contributed by atoms with Crippen LogP contribution in [0.4, 0.5) is 0 Å². The van der Waals surface area contributed by atoms with Crippen LogP contribution >= 0.6 is 23.2 Å². The number of carbonyl (C=O) groups is 1. The van der Waals surface area contributed by atoms with Gasteiger partial charge in [-0.3, -0.25) is 4.79 Å². The van der Waals surface area contributed by atoms with Crippen LogP contribution < -0.4 is 5.32 Å². The number of aliphatic hydroxyl groups excluding tert-OH is 1. The van der Waals surface area contributed by atoms with Crippen LogP contribution in [0.15, 0.2) is 18.2 Å². The van der Waals surface area contributed by atoms with Gasteiger partial charge in [0.15, 0.2) is 0 Å². The number of nitrogens with one attached hydrogen (secondary N) is 1. The normalized spacial score (nSPS) is 22.9. The average Bonchev–Trinajstić information content (AvgIpc) is 2.78. The number of benzene rings is 1. The summed E-state index contributed by atoms with van der Waals surface area (Å²) in [6.07, 6.45) is 1.81. The van der Waals surface area contributed by atoms with Gasteiger partial charge < -0.3 is 10.4 Å². The van der Waals surface area contributed by atoms with E-state index in [1.54, 1.807) is 12.1 Å². The Morgan fingerprint density at radius 1 is 1.30 bits per heavy atom. The standard InChI is InChI=1S/C15H19Cl2NO2/c1-15(2,9-6-7-11(16)12(17)8-9)18-14(20)10-4-3-5-13(10)19/h6-8,10,13,19H,3-5H2,1-2H3,(H,18,20). The van der Waals surface area contributed by atoms with E-state index in [0.29, 0.717) is 16.5 Å². The van der Waals surface area contributed by atoms with E-state index in [1.165, 1.54) is 0 Å². The third-order valence-electron chi connectivity index (χ3n) is 3.89. The number of amides is 1. The lowest BCUT2D eigenvalue weighted by molar-refractivity contribution is -0.129. The van der Waals surface area contributed by atoms with Gasteiger partial charge in [0.05, 0.1) is 27.6 Å². The van der Waals surface area contributed by atoms with Gasteiger partial charge in [-0.15, -0.1) is 0 Å². The van der Waals surface area contributed by atoms with Crippen molar-refractivity contribution in [1.29, 1.82) is 0 Å². The van der Waals surface area contributed by atoms with Gasteiger partial charge in [-0.05, 0) is 50.8 Å². The molecule has 0 bridgehead atoms. The third-order valence-corrected chi connectivity index (χ3v) is 4.63. The molecule has 110 valence electrons. The lowest BCUT2D eigenvalue weighted by Gasteiger charge is -2.29. The van der Waals surface area contributed by atoms with E-state index in [2.05, 4.69) is 5.32 Å². The SMILES string of the molecule is CC(C)(NC(=O)C1CCCC1O)c1ccc(Cl)c(Cl)c1. The Bertz CT molecular complexity index is 517. The highest BCUT2D eigenvalue weighted by Gasteiger charge is 2.34. The van der Waals surface area contributed by atoms with E-state index >= 15 is 0 Å². The van der Waals surface area contributed by atoms with Gasteiger partial charge in [-0.1, -0.05) is 29.3 Å². The number of hydrogen-bond donors (Lipinski definition) is 2. The summed E-state index contributed by atoms with van der Waals surface area (Å²) in [6, 6.07) is 5.33. The highest BCUT2D eigenvalue weighted by Crippen LogP contribution is 2.30. The van der Waals surface area contributed by atoms with Gasteiger partial charge in [0.25, 0.3) is 0 Å². The molecule has 20 heavy (non-hydrogen) atoms. The van der Waals surface area contributed by atoms with Gasteiger partial charge in [0, 0.05) is 0 Å². The maximum Gasteiger partial charge on any atom is 0.226 e. The van der Waals surface area contributed by atoms with Crippen LogP contribution in [0.1, 0.15) is 38.7 Å². The molecule has 2 N–H and O–H groups in total. The molecule has 0 aromatic heterocycles. The summed E-state index contributed by atoms with van der Waals surface area (Å²) in [5.41, 5.74) is 0.320. The van der Waals surface area contributed by atoms with Crippen molar-refractivity contribution in [2.75, 3.05) is 0 Å². The predicted octanol–water partition coefficient (Wildman–Crippen LogP) is 3.51. The van der Waals surface area contributed by atoms with Crippen molar-refractivity contribution >= 4 is 29.1 Å². The summed E-state index contributed by atoms with van der Waals surface area (Å²) in [6.45, 7) is 3.82. The molecule has 0 heterocycles. The molecule has 5 heteroatoms. The summed E-state index contributed by atoms with van der Waals surface area (Å²) in [5, 5.41) is 13.8. The molecule has 1 aromatic rings. The van der Waals surface area contributed by atoms with Crippen LogP contribution in [0.25, 0.3) is 0 Å². The third kappa shape index (κ3) is 3.27. The van der Waals surface area contributed by atoms with Gasteiger partial charge in [0.1, 0.15) is 0 Å². The summed E-state index contributed by atoms with van der Waals surface area (Å²) in [5.74, 6) is -0.414. The van der Waals surface area contributed by atoms with Crippen molar-refractivity contribution in [3.05, 3.63) is 33.8 Å². The summed E-state index contributed by atoms with van der Waals surface area (Å²) >= 11 is 11.9. The zero-order valence-electron chi connectivity index (χ0n) is 11.6. The molecule has 0 radical (unpaired) electrons. The molecule has 0 saturated heterocycles. The van der Waals surface area contributed by atoms with Crippen molar-refractivity contribution in [3.8, 4) is 0 Å². The average molecular weight is 316 g/mol. The Balaban J connectivity index is 2.13. The fourth-order valence-corrected chi connectivity index (χ4v) is 2.90. The fourth-order valence-electron chi connectivity index (χ4n) is 2.60. The zero-order valence-corrected chi connectivity index (χ0v) is 13.1. The Kier molecular flexibility index (Phi) is 4.62. The molecule has 3 nitrogen and oxygen atoms in total. The van der Waals surface area contributed by atoms with Crippen LogP contribution in [-0.2, 0) is 10.3 Å². The monoisotopic (exact) mass is 315 g/mol. The largest absolute Gasteiger partial charge is 0.392 e. The molecule has 0 aliphatic heterocycles. The first-order valence-corrected chi connectivity index (χ1v) is 7.52. The summed E-state index contributed by atoms with van der Waals surface area (Å²) in [4.78, 5) is 12.3. The molecule has 2 rings (SSSR count). The first kappa shape index (κ1) is 15.6. The second kappa shape index (κ2) is 5.92. The van der Waals surface area contributed by atoms with E-state index in [4.69, 9.17) is 23.2 Å². The highest BCUT2D eigenvalue weighted by molar-refractivity contribution is 6.42. The lowest BCUT2D eigenvalue weighted by Crippen LogP contribution is -2.45. The van der Waals surface area contributed by atoms with Crippen molar-refractivity contribution < 1.29 is 9.90 Å². The Morgan fingerprint density at radius 2 is 2.00 bits per heavy atom. The molecular formula is C15H19Cl2NO2. The Labute approximate surface area is 129 Å². The first-order valence-electron chi connectivity index (χ1n) is 6.77. The summed E-state index contributed by atoms with van der Waals surface area (Å²) in [7, 11) is 0. The molecular weight excluding hydrogens is 297 g/mol. The maximum absolute atomic E-state index is 12.3. The number of hydrogen-bond acceptors (Lipinski definition) is 2. The van der Waals surface area contributed by atoms with E-state index in [-0.39, 0.29) is 11.8 Å². The van der Waals surface area contributed by atoms with Crippen LogP contribution in [0.3, 0.4) is 0 Å². The smallest absolute Gasteiger partial charge is 0.226 e. The molecule has 1 amide bonds. The quantitative estimate of drug-likeness (QED) is 0.896. The van der Waals surface area contributed by atoms with Crippen LogP contribution in [-0.4, -0.2) is 17.1 Å². The summed E-state index contributed by atoms with van der Waals surface area (Å²) < 4.78 is 0. The Morgan fingerprint density at radius 3 is 2.55 bits per heavy atom. The molecule has 1 saturated carbocycles. The molecule has 1 aliphatic rings. The number of aliphatic hydroxyl groups is 1. The minimum atomic E-state index is -0.562. The zero-order chi connectivity index (χ0) is 14.9. The van der Waals surface area contributed by atoms with Crippen molar-refractivity contribution in [3.63, 3.8) is 0 Å². The van der Waals surface area contributed by atoms with Crippen LogP contribution in [0.5, 0.6) is 0 Å². The number of rotatable bonds is 3. The Hall–Kier alpha value is -0.770. The number of carbonyl (C=O) groups excluding carboxylic acids is 1. The first-order chi connectivity index (χ1) is 9.31. The van der Waals surface area contributed by atoms with Crippen LogP contribution in [0, 0.1) is 5.92 Å². The van der Waals surface area contributed by atoms with Gasteiger partial charge in [0.2, 0.25) is 5.91 Å². The van der Waals surface area contributed by atoms with Gasteiger partial charge in [-0.2, -0.15) is 0 Å². The maximum atomic E-state index is 12.3. The van der Waals surface area contributed by atoms with E-state index in [0.717, 1.165) is 18.4 Å². The molecule has 1 aliphatic carbocycles. The second-order valence-electron chi connectivity index (χ2n) is 5.85. The minimum Gasteiger partial charge on any atom is -0.392 e. The molecule has 2 atom stereocenters. The molecule has 0 spiro atoms. The predicted molar refractivity (Wildman–Crippen MR) is 81.0 cm³/mol.